The Morgan fingerprint density at radius 2 is 2.12 bits per heavy atom. The maximum Gasteiger partial charge on any atom is 0.305 e. The lowest BCUT2D eigenvalue weighted by atomic mass is 9.86. The topological polar surface area (TPSA) is 105 Å². The number of carboxylic acids is 1. The zero-order chi connectivity index (χ0) is 18.0. The number of rotatable bonds is 4. The summed E-state index contributed by atoms with van der Waals surface area (Å²) in [7, 11) is 0. The van der Waals surface area contributed by atoms with Crippen molar-refractivity contribution in [1.29, 1.82) is 0 Å². The Labute approximate surface area is 149 Å². The molecule has 2 aliphatic heterocycles. The summed E-state index contributed by atoms with van der Waals surface area (Å²) in [5, 5.41) is 14.7. The first-order valence-electron chi connectivity index (χ1n) is 8.12. The van der Waals surface area contributed by atoms with Crippen LogP contribution in [-0.2, 0) is 14.3 Å². The van der Waals surface area contributed by atoms with E-state index in [-0.39, 0.29) is 23.5 Å². The van der Waals surface area contributed by atoms with Crippen LogP contribution in [0.3, 0.4) is 0 Å². The summed E-state index contributed by atoms with van der Waals surface area (Å²) in [5.74, 6) is -1.39. The fourth-order valence-corrected chi connectivity index (χ4v) is 3.99. The maximum atomic E-state index is 12.7. The molecule has 134 valence electrons. The molecule has 0 bridgehead atoms. The van der Waals surface area contributed by atoms with Crippen molar-refractivity contribution in [3.63, 3.8) is 0 Å². The van der Waals surface area contributed by atoms with Crippen molar-refractivity contribution in [2.24, 2.45) is 0 Å². The quantitative estimate of drug-likeness (QED) is 0.753. The van der Waals surface area contributed by atoms with Gasteiger partial charge in [-0.15, -0.1) is 11.8 Å². The third-order valence-electron chi connectivity index (χ3n) is 4.49. The van der Waals surface area contributed by atoms with Gasteiger partial charge in [-0.3, -0.25) is 14.4 Å². The van der Waals surface area contributed by atoms with Crippen LogP contribution < -0.4 is 10.6 Å². The molecule has 2 amide bonds. The predicted molar refractivity (Wildman–Crippen MR) is 92.9 cm³/mol. The number of carbonyl (C=O) groups excluding carboxylic acids is 2. The van der Waals surface area contributed by atoms with Crippen molar-refractivity contribution in [2.75, 3.05) is 18.5 Å². The highest BCUT2D eigenvalue weighted by Crippen LogP contribution is 2.36. The molecule has 0 saturated carbocycles. The van der Waals surface area contributed by atoms with Crippen LogP contribution in [0.25, 0.3) is 0 Å². The monoisotopic (exact) mass is 364 g/mol. The van der Waals surface area contributed by atoms with Gasteiger partial charge in [0, 0.05) is 23.7 Å². The first-order chi connectivity index (χ1) is 11.9. The third-order valence-corrected chi connectivity index (χ3v) is 5.67. The highest BCUT2D eigenvalue weighted by atomic mass is 32.2. The molecule has 1 aromatic rings. The summed E-state index contributed by atoms with van der Waals surface area (Å²) in [6, 6.07) is 5.13. The zero-order valence-electron chi connectivity index (χ0n) is 13.8. The molecule has 0 aromatic heterocycles. The molecule has 3 rings (SSSR count). The number of benzene rings is 1. The van der Waals surface area contributed by atoms with Gasteiger partial charge in [0.1, 0.15) is 0 Å². The standard InChI is InChI=1S/C17H20N2O5S/c1-10-15(22)18-12-8-11(2-3-13(12)25-10)16(23)19-17(9-14(20)21)4-6-24-7-5-17/h2-3,8,10H,4-7,9H2,1H3,(H,18,22)(H,19,23)(H,20,21). The molecule has 8 heteroatoms. The van der Waals surface area contributed by atoms with Gasteiger partial charge in [0.25, 0.3) is 5.91 Å². The molecular formula is C17H20N2O5S. The van der Waals surface area contributed by atoms with E-state index in [2.05, 4.69) is 10.6 Å². The minimum absolute atomic E-state index is 0.0955. The number of carboxylic acid groups (broad SMARTS) is 1. The van der Waals surface area contributed by atoms with Crippen molar-refractivity contribution in [3.05, 3.63) is 23.8 Å². The third kappa shape index (κ3) is 3.96. The predicted octanol–water partition coefficient (Wildman–Crippen LogP) is 1.87. The zero-order valence-corrected chi connectivity index (χ0v) is 14.6. The molecular weight excluding hydrogens is 344 g/mol. The van der Waals surface area contributed by atoms with Gasteiger partial charge in [-0.25, -0.2) is 0 Å². The summed E-state index contributed by atoms with van der Waals surface area (Å²) < 4.78 is 5.30. The summed E-state index contributed by atoms with van der Waals surface area (Å²) in [4.78, 5) is 36.6. The lowest BCUT2D eigenvalue weighted by Gasteiger charge is -2.37. The molecule has 0 radical (unpaired) electrons. The van der Waals surface area contributed by atoms with Gasteiger partial charge in [0.05, 0.1) is 22.9 Å². The molecule has 1 unspecified atom stereocenters. The van der Waals surface area contributed by atoms with Gasteiger partial charge >= 0.3 is 5.97 Å². The van der Waals surface area contributed by atoms with Gasteiger partial charge in [-0.05, 0) is 38.0 Å². The van der Waals surface area contributed by atoms with Crippen LogP contribution in [0.5, 0.6) is 0 Å². The molecule has 1 saturated heterocycles. The second-order valence-electron chi connectivity index (χ2n) is 6.38. The average Bonchev–Trinajstić information content (AvgIpc) is 2.55. The molecule has 0 aliphatic carbocycles. The lowest BCUT2D eigenvalue weighted by Crippen LogP contribution is -2.53. The first kappa shape index (κ1) is 17.8. The Morgan fingerprint density at radius 1 is 1.40 bits per heavy atom. The van der Waals surface area contributed by atoms with Gasteiger partial charge in [0.2, 0.25) is 5.91 Å². The van der Waals surface area contributed by atoms with Crippen molar-refractivity contribution in [2.45, 2.75) is 41.9 Å². The Kier molecular flexibility index (Phi) is 5.01. The number of carbonyl (C=O) groups is 3. The number of aliphatic carboxylic acids is 1. The largest absolute Gasteiger partial charge is 0.481 e. The van der Waals surface area contributed by atoms with Crippen molar-refractivity contribution in [3.8, 4) is 0 Å². The number of hydrogen-bond donors (Lipinski definition) is 3. The van der Waals surface area contributed by atoms with E-state index in [4.69, 9.17) is 4.74 Å². The molecule has 0 spiro atoms. The van der Waals surface area contributed by atoms with E-state index >= 15 is 0 Å². The molecule has 25 heavy (non-hydrogen) atoms. The Hall–Kier alpha value is -2.06. The lowest BCUT2D eigenvalue weighted by molar-refractivity contribution is -0.139. The number of thioether (sulfide) groups is 1. The highest BCUT2D eigenvalue weighted by Gasteiger charge is 2.37. The number of anilines is 1. The maximum absolute atomic E-state index is 12.7. The summed E-state index contributed by atoms with van der Waals surface area (Å²) in [6.45, 7) is 2.66. The molecule has 2 aliphatic rings. The van der Waals surface area contributed by atoms with Crippen LogP contribution >= 0.6 is 11.8 Å². The number of nitrogens with one attached hydrogen (secondary N) is 2. The number of amides is 2. The van der Waals surface area contributed by atoms with Crippen LogP contribution in [0.1, 0.15) is 36.5 Å². The van der Waals surface area contributed by atoms with Gasteiger partial charge < -0.3 is 20.5 Å². The first-order valence-corrected chi connectivity index (χ1v) is 9.00. The van der Waals surface area contributed by atoms with E-state index in [1.165, 1.54) is 11.8 Å². The minimum Gasteiger partial charge on any atom is -0.481 e. The fraction of sp³-hybridized carbons (Fsp3) is 0.471. The molecule has 7 nitrogen and oxygen atoms in total. The second kappa shape index (κ2) is 7.05. The minimum atomic E-state index is -0.953. The molecule has 1 fully saturated rings. The van der Waals surface area contributed by atoms with Crippen molar-refractivity contribution >= 4 is 35.2 Å². The van der Waals surface area contributed by atoms with Crippen LogP contribution in [0.4, 0.5) is 5.69 Å². The van der Waals surface area contributed by atoms with Crippen LogP contribution in [0, 0.1) is 0 Å². The van der Waals surface area contributed by atoms with Crippen molar-refractivity contribution in [1.82, 2.24) is 5.32 Å². The van der Waals surface area contributed by atoms with Crippen LogP contribution in [0.15, 0.2) is 23.1 Å². The van der Waals surface area contributed by atoms with E-state index in [1.807, 2.05) is 6.92 Å². The summed E-state index contributed by atoms with van der Waals surface area (Å²) in [6.07, 6.45) is 0.775. The Bertz CT molecular complexity index is 715. The van der Waals surface area contributed by atoms with E-state index < -0.39 is 11.5 Å². The number of hydrogen-bond acceptors (Lipinski definition) is 5. The van der Waals surface area contributed by atoms with Crippen molar-refractivity contribution < 1.29 is 24.2 Å². The molecule has 3 N–H and O–H groups in total. The Morgan fingerprint density at radius 3 is 2.80 bits per heavy atom. The van der Waals surface area contributed by atoms with Gasteiger partial charge in [-0.2, -0.15) is 0 Å². The van der Waals surface area contributed by atoms with E-state index in [1.54, 1.807) is 18.2 Å². The van der Waals surface area contributed by atoms with Gasteiger partial charge in [0.15, 0.2) is 0 Å². The number of ether oxygens (including phenoxy) is 1. The number of fused-ring (bicyclic) bond motifs is 1. The van der Waals surface area contributed by atoms with E-state index in [9.17, 15) is 19.5 Å². The Balaban J connectivity index is 1.79. The molecule has 2 heterocycles. The van der Waals surface area contributed by atoms with Crippen LogP contribution in [0.2, 0.25) is 0 Å². The fourth-order valence-electron chi connectivity index (χ4n) is 3.06. The second-order valence-corrected chi connectivity index (χ2v) is 7.76. The highest BCUT2D eigenvalue weighted by molar-refractivity contribution is 8.00. The summed E-state index contributed by atoms with van der Waals surface area (Å²) in [5.41, 5.74) is 0.203. The smallest absolute Gasteiger partial charge is 0.305 e. The SMILES string of the molecule is CC1Sc2ccc(C(=O)NC3(CC(=O)O)CCOCC3)cc2NC1=O. The summed E-state index contributed by atoms with van der Waals surface area (Å²) >= 11 is 1.45. The molecule has 1 atom stereocenters. The molecule has 1 aromatic carbocycles. The van der Waals surface area contributed by atoms with Crippen LogP contribution in [-0.4, -0.2) is 46.9 Å². The van der Waals surface area contributed by atoms with E-state index in [0.717, 1.165) is 4.90 Å². The normalized spacial score (nSPS) is 21.8. The average molecular weight is 364 g/mol. The van der Waals surface area contributed by atoms with Gasteiger partial charge in [-0.1, -0.05) is 0 Å². The van der Waals surface area contributed by atoms with E-state index in [0.29, 0.717) is 37.3 Å².